The van der Waals surface area contributed by atoms with Crippen LogP contribution in [0, 0.1) is 20.8 Å². The van der Waals surface area contributed by atoms with Gasteiger partial charge in [0.15, 0.2) is 0 Å². The van der Waals surface area contributed by atoms with Gasteiger partial charge >= 0.3 is 0 Å². The van der Waals surface area contributed by atoms with E-state index in [2.05, 4.69) is 5.32 Å². The standard InChI is InChI=1S/C22H23ClN2O2/c1-12(2)25-21(26)19(16-7-6-13(3)14(4)10-16)20(22(25)27)24-18-9-8-17(23)11-15(18)5/h6-12,24H,1-5H3. The fourth-order valence-electron chi connectivity index (χ4n) is 3.20. The summed E-state index contributed by atoms with van der Waals surface area (Å²) in [5.41, 5.74) is 5.33. The highest BCUT2D eigenvalue weighted by molar-refractivity contribution is 6.36. The van der Waals surface area contributed by atoms with E-state index < -0.39 is 0 Å². The van der Waals surface area contributed by atoms with Gasteiger partial charge in [0.05, 0.1) is 5.57 Å². The Morgan fingerprint density at radius 1 is 0.889 bits per heavy atom. The van der Waals surface area contributed by atoms with Gasteiger partial charge in [0.25, 0.3) is 11.8 Å². The molecule has 3 rings (SSSR count). The molecule has 1 N–H and O–H groups in total. The Bertz CT molecular complexity index is 976. The number of hydrogen-bond donors (Lipinski definition) is 1. The normalized spacial score (nSPS) is 14.6. The molecule has 0 aromatic heterocycles. The number of nitrogens with one attached hydrogen (secondary N) is 1. The molecule has 27 heavy (non-hydrogen) atoms. The minimum atomic E-state index is -0.308. The Hall–Kier alpha value is -2.59. The third kappa shape index (κ3) is 3.50. The van der Waals surface area contributed by atoms with Crippen molar-refractivity contribution in [2.24, 2.45) is 0 Å². The molecule has 0 bridgehead atoms. The Kier molecular flexibility index (Phi) is 5.11. The van der Waals surface area contributed by atoms with Crippen molar-refractivity contribution in [3.8, 4) is 0 Å². The zero-order chi connectivity index (χ0) is 19.9. The van der Waals surface area contributed by atoms with E-state index in [1.165, 1.54) is 4.90 Å². The van der Waals surface area contributed by atoms with Gasteiger partial charge in [-0.25, -0.2) is 0 Å². The molecule has 2 aromatic carbocycles. The summed E-state index contributed by atoms with van der Waals surface area (Å²) >= 11 is 6.04. The summed E-state index contributed by atoms with van der Waals surface area (Å²) in [5.74, 6) is -0.579. The Morgan fingerprint density at radius 3 is 2.19 bits per heavy atom. The third-order valence-corrected chi connectivity index (χ3v) is 5.11. The lowest BCUT2D eigenvalue weighted by Gasteiger charge is -2.19. The first-order valence-electron chi connectivity index (χ1n) is 8.93. The van der Waals surface area contributed by atoms with E-state index in [1.54, 1.807) is 6.07 Å². The average Bonchev–Trinajstić information content (AvgIpc) is 2.83. The van der Waals surface area contributed by atoms with Crippen molar-refractivity contribution in [3.05, 3.63) is 69.4 Å². The van der Waals surface area contributed by atoms with Crippen LogP contribution in [0.4, 0.5) is 5.69 Å². The molecule has 1 heterocycles. The fraction of sp³-hybridized carbons (Fsp3) is 0.273. The van der Waals surface area contributed by atoms with E-state index in [-0.39, 0.29) is 17.9 Å². The van der Waals surface area contributed by atoms with E-state index >= 15 is 0 Å². The summed E-state index contributed by atoms with van der Waals surface area (Å²) in [4.78, 5) is 27.4. The molecule has 2 amide bonds. The third-order valence-electron chi connectivity index (χ3n) is 4.88. The van der Waals surface area contributed by atoms with E-state index in [0.29, 0.717) is 16.3 Å². The van der Waals surface area contributed by atoms with Gasteiger partial charge in [-0.1, -0.05) is 29.8 Å². The number of amides is 2. The molecule has 0 saturated heterocycles. The second kappa shape index (κ2) is 7.20. The molecule has 5 heteroatoms. The summed E-state index contributed by atoms with van der Waals surface area (Å²) in [5, 5.41) is 3.82. The molecular weight excluding hydrogens is 360 g/mol. The molecule has 4 nitrogen and oxygen atoms in total. The summed E-state index contributed by atoms with van der Waals surface area (Å²) in [6, 6.07) is 11.0. The van der Waals surface area contributed by atoms with Crippen LogP contribution in [0.25, 0.3) is 5.57 Å². The monoisotopic (exact) mass is 382 g/mol. The first-order chi connectivity index (χ1) is 12.7. The molecule has 0 fully saturated rings. The topological polar surface area (TPSA) is 49.4 Å². The van der Waals surface area contributed by atoms with Crippen LogP contribution in [-0.2, 0) is 9.59 Å². The smallest absolute Gasteiger partial charge is 0.278 e. The van der Waals surface area contributed by atoms with E-state index in [1.807, 2.05) is 65.0 Å². The number of aryl methyl sites for hydroxylation is 3. The fourth-order valence-corrected chi connectivity index (χ4v) is 3.43. The number of hydrogen-bond acceptors (Lipinski definition) is 3. The summed E-state index contributed by atoms with van der Waals surface area (Å²) < 4.78 is 0. The molecule has 0 saturated carbocycles. The van der Waals surface area contributed by atoms with Gasteiger partial charge in [0, 0.05) is 16.8 Å². The molecule has 0 radical (unpaired) electrons. The van der Waals surface area contributed by atoms with Crippen molar-refractivity contribution in [1.82, 2.24) is 4.90 Å². The Labute approximate surface area is 164 Å². The van der Waals surface area contributed by atoms with Crippen molar-refractivity contribution in [2.75, 3.05) is 5.32 Å². The molecule has 140 valence electrons. The molecule has 2 aromatic rings. The highest BCUT2D eigenvalue weighted by Gasteiger charge is 2.40. The minimum absolute atomic E-state index is 0.225. The van der Waals surface area contributed by atoms with Crippen LogP contribution in [0.1, 0.15) is 36.1 Å². The van der Waals surface area contributed by atoms with E-state index in [4.69, 9.17) is 11.6 Å². The van der Waals surface area contributed by atoms with Gasteiger partial charge in [0.1, 0.15) is 5.70 Å². The molecule has 0 aliphatic carbocycles. The number of carbonyl (C=O) groups is 2. The predicted octanol–water partition coefficient (Wildman–Crippen LogP) is 4.87. The van der Waals surface area contributed by atoms with Crippen molar-refractivity contribution in [3.63, 3.8) is 0 Å². The predicted molar refractivity (Wildman–Crippen MR) is 110 cm³/mol. The molecule has 0 spiro atoms. The first kappa shape index (κ1) is 19.2. The molecule has 1 aliphatic heterocycles. The van der Waals surface area contributed by atoms with Crippen LogP contribution < -0.4 is 5.32 Å². The number of imide groups is 1. The van der Waals surface area contributed by atoms with Gasteiger partial charge in [-0.2, -0.15) is 0 Å². The summed E-state index contributed by atoms with van der Waals surface area (Å²) in [6.07, 6.45) is 0. The van der Waals surface area contributed by atoms with Crippen molar-refractivity contribution >= 4 is 34.7 Å². The number of halogens is 1. The summed E-state index contributed by atoms with van der Waals surface area (Å²) in [6.45, 7) is 9.60. The maximum atomic E-state index is 13.1. The van der Waals surface area contributed by atoms with Gasteiger partial charge in [0.2, 0.25) is 0 Å². The van der Waals surface area contributed by atoms with Gasteiger partial charge in [-0.15, -0.1) is 0 Å². The zero-order valence-corrected chi connectivity index (χ0v) is 16.9. The lowest BCUT2D eigenvalue weighted by atomic mass is 9.99. The summed E-state index contributed by atoms with van der Waals surface area (Å²) in [7, 11) is 0. The second-order valence-electron chi connectivity index (χ2n) is 7.21. The van der Waals surface area contributed by atoms with Crippen molar-refractivity contribution in [2.45, 2.75) is 40.7 Å². The molecule has 0 unspecified atom stereocenters. The number of rotatable bonds is 4. The lowest BCUT2D eigenvalue weighted by molar-refractivity contribution is -0.138. The van der Waals surface area contributed by atoms with Gasteiger partial charge < -0.3 is 5.32 Å². The van der Waals surface area contributed by atoms with Crippen LogP contribution in [0.2, 0.25) is 5.02 Å². The number of anilines is 1. The second-order valence-corrected chi connectivity index (χ2v) is 7.64. The van der Waals surface area contributed by atoms with E-state index in [0.717, 1.165) is 27.9 Å². The highest BCUT2D eigenvalue weighted by Crippen LogP contribution is 2.33. The lowest BCUT2D eigenvalue weighted by Crippen LogP contribution is -2.38. The minimum Gasteiger partial charge on any atom is -0.350 e. The first-order valence-corrected chi connectivity index (χ1v) is 9.31. The zero-order valence-electron chi connectivity index (χ0n) is 16.2. The van der Waals surface area contributed by atoms with Crippen LogP contribution in [-0.4, -0.2) is 22.8 Å². The number of nitrogens with zero attached hydrogens (tertiary/aromatic N) is 1. The highest BCUT2D eigenvalue weighted by atomic mass is 35.5. The average molecular weight is 383 g/mol. The largest absolute Gasteiger partial charge is 0.350 e. The van der Waals surface area contributed by atoms with E-state index in [9.17, 15) is 9.59 Å². The molecular formula is C22H23ClN2O2. The molecule has 0 atom stereocenters. The Morgan fingerprint density at radius 2 is 1.59 bits per heavy atom. The van der Waals surface area contributed by atoms with Gasteiger partial charge in [-0.05, 0) is 75.1 Å². The quantitative estimate of drug-likeness (QED) is 0.768. The van der Waals surface area contributed by atoms with Crippen LogP contribution in [0.3, 0.4) is 0 Å². The SMILES string of the molecule is Cc1ccc(C2=C(Nc3ccc(Cl)cc3C)C(=O)N(C(C)C)C2=O)cc1C. The van der Waals surface area contributed by atoms with Crippen molar-refractivity contribution < 1.29 is 9.59 Å². The molecule has 1 aliphatic rings. The van der Waals surface area contributed by atoms with Crippen LogP contribution in [0.15, 0.2) is 42.1 Å². The van der Waals surface area contributed by atoms with Crippen LogP contribution >= 0.6 is 11.6 Å². The maximum Gasteiger partial charge on any atom is 0.278 e. The number of benzene rings is 2. The Balaban J connectivity index is 2.15. The van der Waals surface area contributed by atoms with Gasteiger partial charge in [-0.3, -0.25) is 14.5 Å². The van der Waals surface area contributed by atoms with Crippen molar-refractivity contribution in [1.29, 1.82) is 0 Å². The maximum absolute atomic E-state index is 13.1. The number of carbonyl (C=O) groups excluding carboxylic acids is 2. The van der Waals surface area contributed by atoms with Crippen LogP contribution in [0.5, 0.6) is 0 Å².